The standard InChI is InChI=1S/C12H22N2O4/c1-11(4-3-5-13-7-11)10(17)14-8-12(2,18)6-9(15)16/h13,18H,3-8H2,1-2H3,(H,14,17)(H,15,16). The maximum absolute atomic E-state index is 12.0. The fourth-order valence-electron chi connectivity index (χ4n) is 2.12. The molecule has 2 atom stereocenters. The van der Waals surface area contributed by atoms with Crippen molar-refractivity contribution in [2.45, 2.75) is 38.7 Å². The maximum atomic E-state index is 12.0. The topological polar surface area (TPSA) is 98.7 Å². The van der Waals surface area contributed by atoms with Gasteiger partial charge in [-0.1, -0.05) is 0 Å². The second-order valence-electron chi connectivity index (χ2n) is 5.59. The minimum atomic E-state index is -1.42. The van der Waals surface area contributed by atoms with E-state index < -0.39 is 17.0 Å². The summed E-state index contributed by atoms with van der Waals surface area (Å²) in [6, 6.07) is 0. The molecule has 0 bridgehead atoms. The van der Waals surface area contributed by atoms with Crippen LogP contribution in [0.3, 0.4) is 0 Å². The highest BCUT2D eigenvalue weighted by Gasteiger charge is 2.35. The summed E-state index contributed by atoms with van der Waals surface area (Å²) >= 11 is 0. The Morgan fingerprint density at radius 1 is 1.50 bits per heavy atom. The van der Waals surface area contributed by atoms with E-state index in [0.29, 0.717) is 6.54 Å². The van der Waals surface area contributed by atoms with Gasteiger partial charge in [0, 0.05) is 13.1 Å². The second-order valence-corrected chi connectivity index (χ2v) is 5.59. The first-order valence-corrected chi connectivity index (χ1v) is 6.18. The first-order chi connectivity index (χ1) is 8.25. The molecule has 0 spiro atoms. The molecule has 0 aromatic carbocycles. The average molecular weight is 258 g/mol. The zero-order valence-electron chi connectivity index (χ0n) is 11.0. The number of aliphatic hydroxyl groups is 1. The molecule has 0 radical (unpaired) electrons. The lowest BCUT2D eigenvalue weighted by molar-refractivity contribution is -0.143. The van der Waals surface area contributed by atoms with Crippen molar-refractivity contribution < 1.29 is 19.8 Å². The van der Waals surface area contributed by atoms with Gasteiger partial charge in [-0.25, -0.2) is 0 Å². The molecule has 1 fully saturated rings. The van der Waals surface area contributed by atoms with E-state index in [2.05, 4.69) is 10.6 Å². The molecule has 1 heterocycles. The van der Waals surface area contributed by atoms with E-state index in [1.165, 1.54) is 6.92 Å². The molecule has 18 heavy (non-hydrogen) atoms. The molecule has 0 aromatic heterocycles. The van der Waals surface area contributed by atoms with Gasteiger partial charge in [0.2, 0.25) is 5.91 Å². The summed E-state index contributed by atoms with van der Waals surface area (Å²) in [4.78, 5) is 22.6. The lowest BCUT2D eigenvalue weighted by atomic mass is 9.81. The molecule has 2 unspecified atom stereocenters. The van der Waals surface area contributed by atoms with Gasteiger partial charge in [0.05, 0.1) is 17.4 Å². The van der Waals surface area contributed by atoms with Gasteiger partial charge in [-0.05, 0) is 33.2 Å². The number of hydrogen-bond donors (Lipinski definition) is 4. The number of carbonyl (C=O) groups excluding carboxylic acids is 1. The third-order valence-corrected chi connectivity index (χ3v) is 3.31. The van der Waals surface area contributed by atoms with Crippen LogP contribution in [-0.2, 0) is 9.59 Å². The number of piperidine rings is 1. The van der Waals surface area contributed by atoms with Crippen LogP contribution < -0.4 is 10.6 Å². The molecule has 1 saturated heterocycles. The normalized spacial score (nSPS) is 27.3. The molecular formula is C12H22N2O4. The van der Waals surface area contributed by atoms with Crippen molar-refractivity contribution >= 4 is 11.9 Å². The molecule has 4 N–H and O–H groups in total. The number of nitrogens with one attached hydrogen (secondary N) is 2. The Bertz CT molecular complexity index is 322. The number of aliphatic carboxylic acids is 1. The predicted molar refractivity (Wildman–Crippen MR) is 66.1 cm³/mol. The molecular weight excluding hydrogens is 236 g/mol. The van der Waals surface area contributed by atoms with Crippen LogP contribution in [0.5, 0.6) is 0 Å². The van der Waals surface area contributed by atoms with E-state index in [1.54, 1.807) is 0 Å². The van der Waals surface area contributed by atoms with Gasteiger partial charge in [-0.15, -0.1) is 0 Å². The Balaban J connectivity index is 2.47. The monoisotopic (exact) mass is 258 g/mol. The fourth-order valence-corrected chi connectivity index (χ4v) is 2.12. The number of carboxylic acid groups (broad SMARTS) is 1. The highest BCUT2D eigenvalue weighted by atomic mass is 16.4. The molecule has 1 rings (SSSR count). The van der Waals surface area contributed by atoms with Gasteiger partial charge in [-0.2, -0.15) is 0 Å². The quantitative estimate of drug-likeness (QED) is 0.543. The van der Waals surface area contributed by atoms with Crippen LogP contribution in [-0.4, -0.2) is 47.3 Å². The smallest absolute Gasteiger partial charge is 0.306 e. The van der Waals surface area contributed by atoms with Gasteiger partial charge in [0.15, 0.2) is 0 Å². The van der Waals surface area contributed by atoms with Crippen molar-refractivity contribution in [3.63, 3.8) is 0 Å². The predicted octanol–water partition coefficient (Wildman–Crippen LogP) is -0.282. The van der Waals surface area contributed by atoms with Crippen LogP contribution in [0.15, 0.2) is 0 Å². The summed E-state index contributed by atoms with van der Waals surface area (Å²) in [5.74, 6) is -1.22. The summed E-state index contributed by atoms with van der Waals surface area (Å²) in [7, 11) is 0. The van der Waals surface area contributed by atoms with Gasteiger partial charge >= 0.3 is 5.97 Å². The van der Waals surface area contributed by atoms with Crippen LogP contribution >= 0.6 is 0 Å². The molecule has 1 amide bonds. The van der Waals surface area contributed by atoms with Crippen LogP contribution in [0, 0.1) is 5.41 Å². The largest absolute Gasteiger partial charge is 0.481 e. The number of carbonyl (C=O) groups is 2. The Morgan fingerprint density at radius 3 is 2.67 bits per heavy atom. The second kappa shape index (κ2) is 5.67. The van der Waals surface area contributed by atoms with Gasteiger partial charge in [0.25, 0.3) is 0 Å². The Morgan fingerprint density at radius 2 is 2.17 bits per heavy atom. The summed E-state index contributed by atoms with van der Waals surface area (Å²) < 4.78 is 0. The molecule has 0 saturated carbocycles. The summed E-state index contributed by atoms with van der Waals surface area (Å²) in [5.41, 5.74) is -1.89. The number of carboxylic acids is 1. The van der Waals surface area contributed by atoms with Crippen molar-refractivity contribution in [3.8, 4) is 0 Å². The number of rotatable bonds is 5. The highest BCUT2D eigenvalue weighted by molar-refractivity contribution is 5.82. The SMILES string of the molecule is CC(O)(CNC(=O)C1(C)CCCNC1)CC(=O)O. The third kappa shape index (κ3) is 4.27. The summed E-state index contributed by atoms with van der Waals surface area (Å²) in [6.07, 6.45) is 1.35. The Kier molecular flexibility index (Phi) is 4.70. The van der Waals surface area contributed by atoms with E-state index in [1.807, 2.05) is 6.92 Å². The average Bonchev–Trinajstić information content (AvgIpc) is 2.25. The molecule has 1 aliphatic rings. The van der Waals surface area contributed by atoms with Crippen molar-refractivity contribution in [1.29, 1.82) is 0 Å². The highest BCUT2D eigenvalue weighted by Crippen LogP contribution is 2.25. The lowest BCUT2D eigenvalue weighted by Crippen LogP contribution is -2.52. The lowest BCUT2D eigenvalue weighted by Gasteiger charge is -2.33. The zero-order valence-corrected chi connectivity index (χ0v) is 11.0. The first-order valence-electron chi connectivity index (χ1n) is 6.18. The van der Waals surface area contributed by atoms with Gasteiger partial charge in [-0.3, -0.25) is 9.59 Å². The van der Waals surface area contributed by atoms with Crippen LogP contribution in [0.2, 0.25) is 0 Å². The van der Waals surface area contributed by atoms with Gasteiger partial charge < -0.3 is 20.8 Å². The van der Waals surface area contributed by atoms with Crippen LogP contribution in [0.25, 0.3) is 0 Å². The van der Waals surface area contributed by atoms with Crippen molar-refractivity contribution in [3.05, 3.63) is 0 Å². The van der Waals surface area contributed by atoms with Gasteiger partial charge in [0.1, 0.15) is 0 Å². The first kappa shape index (κ1) is 14.9. The maximum Gasteiger partial charge on any atom is 0.306 e. The van der Waals surface area contributed by atoms with Crippen LogP contribution in [0.1, 0.15) is 33.1 Å². The Hall–Kier alpha value is -1.14. The Labute approximate surface area is 107 Å². The van der Waals surface area contributed by atoms with Crippen molar-refractivity contribution in [1.82, 2.24) is 10.6 Å². The van der Waals surface area contributed by atoms with E-state index in [0.717, 1.165) is 19.4 Å². The van der Waals surface area contributed by atoms with E-state index in [9.17, 15) is 14.7 Å². The van der Waals surface area contributed by atoms with Crippen molar-refractivity contribution in [2.75, 3.05) is 19.6 Å². The van der Waals surface area contributed by atoms with E-state index in [-0.39, 0.29) is 18.9 Å². The molecule has 0 aromatic rings. The molecule has 104 valence electrons. The van der Waals surface area contributed by atoms with E-state index in [4.69, 9.17) is 5.11 Å². The molecule has 6 nitrogen and oxygen atoms in total. The summed E-state index contributed by atoms with van der Waals surface area (Å²) in [5, 5.41) is 24.3. The molecule has 0 aliphatic carbocycles. The van der Waals surface area contributed by atoms with E-state index >= 15 is 0 Å². The number of amides is 1. The van der Waals surface area contributed by atoms with Crippen molar-refractivity contribution in [2.24, 2.45) is 5.41 Å². The molecule has 6 heteroatoms. The minimum absolute atomic E-state index is 0.0479. The van der Waals surface area contributed by atoms with Crippen LogP contribution in [0.4, 0.5) is 0 Å². The third-order valence-electron chi connectivity index (χ3n) is 3.31. The zero-order chi connectivity index (χ0) is 13.8. The molecule has 1 aliphatic heterocycles. The minimum Gasteiger partial charge on any atom is -0.481 e. The fraction of sp³-hybridized carbons (Fsp3) is 0.833. The summed E-state index contributed by atoms with van der Waals surface area (Å²) in [6.45, 7) is 4.76. The number of hydrogen-bond acceptors (Lipinski definition) is 4.